The number of unbranched alkanes of at least 4 members (excludes halogenated alkanes) is 4. The number of esters is 3. The maximum atomic E-state index is 13.3. The van der Waals surface area contributed by atoms with Crippen LogP contribution in [0.1, 0.15) is 79.5 Å². The van der Waals surface area contributed by atoms with E-state index in [9.17, 15) is 45.1 Å². The number of benzene rings is 3. The molecule has 1 atom stereocenters. The van der Waals surface area contributed by atoms with Crippen molar-refractivity contribution >= 4 is 17.9 Å². The maximum Gasteiger partial charge on any atom is 0.460 e. The molecule has 3 aromatic carbocycles. The minimum absolute atomic E-state index is 0.00796. The molecule has 272 valence electrons. The molecule has 0 aliphatic rings. The van der Waals surface area contributed by atoms with Crippen LogP contribution >= 0.6 is 0 Å². The molecular formula is C36H37F7O7. The summed E-state index contributed by atoms with van der Waals surface area (Å²) in [7, 11) is 0. The van der Waals surface area contributed by atoms with E-state index < -0.39 is 42.5 Å². The van der Waals surface area contributed by atoms with Gasteiger partial charge in [0.05, 0.1) is 30.4 Å². The first-order chi connectivity index (χ1) is 23.6. The van der Waals surface area contributed by atoms with Crippen molar-refractivity contribution in [1.29, 1.82) is 0 Å². The fourth-order valence-electron chi connectivity index (χ4n) is 4.49. The van der Waals surface area contributed by atoms with E-state index in [4.69, 9.17) is 14.2 Å². The summed E-state index contributed by atoms with van der Waals surface area (Å²) >= 11 is 0. The summed E-state index contributed by atoms with van der Waals surface area (Å²) in [5.41, 5.74) is 2.18. The van der Waals surface area contributed by atoms with Gasteiger partial charge in [0, 0.05) is 0 Å². The molecule has 14 heteroatoms. The van der Waals surface area contributed by atoms with Crippen LogP contribution in [0.5, 0.6) is 11.5 Å². The molecule has 0 aliphatic heterocycles. The SMILES string of the molecule is CCCCCCC(C)OC(=O)c1ccc(OC(=O)c2ccc(-c3ccc(OCCCCOC(=O)C(F)(F)C(F)(F)C(F)(F)F)cc3)cc2)cc1. The standard InChI is InChI=1S/C36H37F7O7/c1-3-4-5-6-9-24(2)49-31(44)28-16-20-30(21-17-28)50-32(45)27-12-10-25(11-13-27)26-14-18-29(19-15-26)47-22-7-8-23-48-33(46)34(37,38)35(39,40)36(41,42)43/h10-21,24H,3-9,22-23H2,1-2H3. The predicted molar refractivity (Wildman–Crippen MR) is 169 cm³/mol. The largest absolute Gasteiger partial charge is 0.494 e. The van der Waals surface area contributed by atoms with Gasteiger partial charge in [-0.1, -0.05) is 50.5 Å². The van der Waals surface area contributed by atoms with Crippen molar-refractivity contribution in [2.24, 2.45) is 0 Å². The molecule has 0 saturated heterocycles. The van der Waals surface area contributed by atoms with Crippen LogP contribution in [-0.4, -0.2) is 55.2 Å². The second-order valence-electron chi connectivity index (χ2n) is 11.4. The topological polar surface area (TPSA) is 88.1 Å². The first-order valence-corrected chi connectivity index (χ1v) is 15.9. The van der Waals surface area contributed by atoms with Gasteiger partial charge in [-0.2, -0.15) is 30.7 Å². The van der Waals surface area contributed by atoms with E-state index in [0.29, 0.717) is 11.3 Å². The van der Waals surface area contributed by atoms with E-state index in [0.717, 1.165) is 43.2 Å². The summed E-state index contributed by atoms with van der Waals surface area (Å²) in [6.45, 7) is 3.19. The zero-order valence-corrected chi connectivity index (χ0v) is 27.4. The quantitative estimate of drug-likeness (QED) is 0.0561. The second kappa shape index (κ2) is 17.9. The van der Waals surface area contributed by atoms with Crippen molar-refractivity contribution in [1.82, 2.24) is 0 Å². The van der Waals surface area contributed by atoms with Crippen LogP contribution in [0.3, 0.4) is 0 Å². The number of hydrogen-bond donors (Lipinski definition) is 0. The Hall–Kier alpha value is -4.62. The lowest BCUT2D eigenvalue weighted by molar-refractivity contribution is -0.348. The van der Waals surface area contributed by atoms with Gasteiger partial charge in [-0.25, -0.2) is 14.4 Å². The van der Waals surface area contributed by atoms with Crippen LogP contribution in [0, 0.1) is 0 Å². The minimum atomic E-state index is -6.63. The lowest BCUT2D eigenvalue weighted by atomic mass is 10.0. The Balaban J connectivity index is 1.41. The number of halogens is 7. The average Bonchev–Trinajstić information content (AvgIpc) is 3.08. The molecule has 0 radical (unpaired) electrons. The predicted octanol–water partition coefficient (Wildman–Crippen LogP) is 9.62. The molecule has 0 aliphatic carbocycles. The monoisotopic (exact) mass is 714 g/mol. The Morgan fingerprint density at radius 1 is 0.640 bits per heavy atom. The highest BCUT2D eigenvalue weighted by Gasteiger charge is 2.77. The van der Waals surface area contributed by atoms with Gasteiger partial charge in [0.1, 0.15) is 11.5 Å². The van der Waals surface area contributed by atoms with Crippen molar-refractivity contribution in [2.45, 2.75) is 82.9 Å². The summed E-state index contributed by atoms with van der Waals surface area (Å²) in [5.74, 6) is -16.0. The molecule has 0 fully saturated rings. The molecule has 0 spiro atoms. The molecule has 0 amide bonds. The Labute approximate surface area is 284 Å². The highest BCUT2D eigenvalue weighted by atomic mass is 19.4. The first-order valence-electron chi connectivity index (χ1n) is 15.9. The van der Waals surface area contributed by atoms with E-state index in [2.05, 4.69) is 11.7 Å². The van der Waals surface area contributed by atoms with E-state index in [1.54, 1.807) is 48.5 Å². The number of carbonyl (C=O) groups is 3. The molecule has 0 aromatic heterocycles. The highest BCUT2D eigenvalue weighted by molar-refractivity contribution is 5.92. The smallest absolute Gasteiger partial charge is 0.460 e. The highest BCUT2D eigenvalue weighted by Crippen LogP contribution is 2.47. The van der Waals surface area contributed by atoms with Crippen LogP contribution in [0.25, 0.3) is 11.1 Å². The Morgan fingerprint density at radius 2 is 1.16 bits per heavy atom. The third-order valence-corrected chi connectivity index (χ3v) is 7.43. The Kier molecular flexibility index (Phi) is 14.2. The molecule has 50 heavy (non-hydrogen) atoms. The lowest BCUT2D eigenvalue weighted by Gasteiger charge is -2.26. The average molecular weight is 715 g/mol. The first kappa shape index (κ1) is 39.8. The van der Waals surface area contributed by atoms with Crippen molar-refractivity contribution in [3.05, 3.63) is 83.9 Å². The normalized spacial score (nSPS) is 12.6. The van der Waals surface area contributed by atoms with Crippen molar-refractivity contribution < 1.29 is 64.1 Å². The fraction of sp³-hybridized carbons (Fsp3) is 0.417. The van der Waals surface area contributed by atoms with Crippen LogP contribution in [0.2, 0.25) is 0 Å². The van der Waals surface area contributed by atoms with Crippen molar-refractivity contribution in [3.8, 4) is 22.6 Å². The van der Waals surface area contributed by atoms with Crippen molar-refractivity contribution in [3.63, 3.8) is 0 Å². The summed E-state index contributed by atoms with van der Waals surface area (Å²) in [6, 6.07) is 19.4. The third-order valence-electron chi connectivity index (χ3n) is 7.43. The number of hydrogen-bond acceptors (Lipinski definition) is 7. The van der Waals surface area contributed by atoms with E-state index in [1.165, 1.54) is 24.3 Å². The van der Waals surface area contributed by atoms with Gasteiger partial charge >= 0.3 is 35.9 Å². The van der Waals surface area contributed by atoms with E-state index in [1.807, 2.05) is 6.92 Å². The van der Waals surface area contributed by atoms with Crippen LogP contribution < -0.4 is 9.47 Å². The summed E-state index contributed by atoms with van der Waals surface area (Å²) < 4.78 is 109. The molecule has 3 rings (SSSR count). The Morgan fingerprint density at radius 3 is 1.74 bits per heavy atom. The molecule has 0 heterocycles. The Bertz CT molecular complexity index is 1540. The van der Waals surface area contributed by atoms with E-state index in [-0.39, 0.29) is 36.9 Å². The number of alkyl halides is 7. The van der Waals surface area contributed by atoms with Gasteiger partial charge in [0.15, 0.2) is 0 Å². The summed E-state index contributed by atoms with van der Waals surface area (Å²) in [6.07, 6.45) is -1.69. The summed E-state index contributed by atoms with van der Waals surface area (Å²) in [5, 5.41) is 0. The second-order valence-corrected chi connectivity index (χ2v) is 11.4. The fourth-order valence-corrected chi connectivity index (χ4v) is 4.49. The third kappa shape index (κ3) is 10.9. The minimum Gasteiger partial charge on any atom is -0.494 e. The van der Waals surface area contributed by atoms with Crippen molar-refractivity contribution in [2.75, 3.05) is 13.2 Å². The molecule has 1 unspecified atom stereocenters. The molecule has 0 bridgehead atoms. The number of rotatable bonds is 18. The van der Waals surface area contributed by atoms with Crippen LogP contribution in [0.4, 0.5) is 30.7 Å². The maximum absolute atomic E-state index is 13.3. The molecular weight excluding hydrogens is 677 g/mol. The van der Waals surface area contributed by atoms with Gasteiger partial charge in [-0.15, -0.1) is 0 Å². The molecule has 0 N–H and O–H groups in total. The van der Waals surface area contributed by atoms with E-state index >= 15 is 0 Å². The van der Waals surface area contributed by atoms with Gasteiger partial charge < -0.3 is 18.9 Å². The van der Waals surface area contributed by atoms with Gasteiger partial charge in [-0.05, 0) is 92.3 Å². The van der Waals surface area contributed by atoms with Gasteiger partial charge in [-0.3, -0.25) is 0 Å². The summed E-state index contributed by atoms with van der Waals surface area (Å²) in [4.78, 5) is 36.3. The molecule has 0 saturated carbocycles. The zero-order valence-electron chi connectivity index (χ0n) is 27.4. The molecule has 7 nitrogen and oxygen atoms in total. The molecule has 3 aromatic rings. The number of carbonyl (C=O) groups excluding carboxylic acids is 3. The lowest BCUT2D eigenvalue weighted by Crippen LogP contribution is -2.56. The van der Waals surface area contributed by atoms with Crippen LogP contribution in [0.15, 0.2) is 72.8 Å². The van der Waals surface area contributed by atoms with Crippen LogP contribution in [-0.2, 0) is 14.3 Å². The zero-order chi connectivity index (χ0) is 37.0. The number of ether oxygens (including phenoxy) is 4. The van der Waals surface area contributed by atoms with Gasteiger partial charge in [0.2, 0.25) is 0 Å². The van der Waals surface area contributed by atoms with Gasteiger partial charge in [0.25, 0.3) is 0 Å².